The van der Waals surface area contributed by atoms with Gasteiger partial charge >= 0.3 is 0 Å². The second kappa shape index (κ2) is 8.05. The Morgan fingerprint density at radius 2 is 1.93 bits per heavy atom. The largest absolute Gasteiger partial charge is 0.393 e. The molecule has 0 amide bonds. The van der Waals surface area contributed by atoms with Gasteiger partial charge in [0, 0.05) is 0 Å². The van der Waals surface area contributed by atoms with Gasteiger partial charge < -0.3 is 5.11 Å². The molecule has 0 heterocycles. The van der Waals surface area contributed by atoms with Crippen molar-refractivity contribution in [2.45, 2.75) is 104 Å². The molecule has 30 heavy (non-hydrogen) atoms. The lowest BCUT2D eigenvalue weighted by Crippen LogP contribution is -2.50. The third-order valence-corrected chi connectivity index (χ3v) is 10.1. The summed E-state index contributed by atoms with van der Waals surface area (Å²) in [7, 11) is 0. The van der Waals surface area contributed by atoms with Crippen molar-refractivity contribution < 1.29 is 15.3 Å². The van der Waals surface area contributed by atoms with Gasteiger partial charge in [-0.2, -0.15) is 0 Å². The number of aliphatic hydroxyl groups excluding tert-OH is 1. The lowest BCUT2D eigenvalue weighted by molar-refractivity contribution is -0.297. The standard InChI is InChI=1S/C27H44O3/c1-18(7-6-14-25(2,3)30-29)22-10-11-23-21-9-8-19-17-20(28)12-15-26(19,4)24(21)13-16-27(22,23)5/h6,8,14,18,20-24,28-29H,7,9-13,15-17H2,1-5H3. The van der Waals surface area contributed by atoms with Gasteiger partial charge in [-0.15, -0.1) is 0 Å². The van der Waals surface area contributed by atoms with Crippen LogP contribution in [0.25, 0.3) is 0 Å². The molecule has 0 radical (unpaired) electrons. The molecule has 3 nitrogen and oxygen atoms in total. The Morgan fingerprint density at radius 3 is 2.67 bits per heavy atom. The minimum absolute atomic E-state index is 0.110. The average molecular weight is 417 g/mol. The van der Waals surface area contributed by atoms with Crippen molar-refractivity contribution in [2.24, 2.45) is 40.4 Å². The van der Waals surface area contributed by atoms with E-state index in [4.69, 9.17) is 5.26 Å². The number of allylic oxidation sites excluding steroid dienone is 2. The van der Waals surface area contributed by atoms with E-state index in [0.717, 1.165) is 42.9 Å². The van der Waals surface area contributed by atoms with Crippen molar-refractivity contribution in [1.29, 1.82) is 0 Å². The van der Waals surface area contributed by atoms with Crippen molar-refractivity contribution >= 4 is 0 Å². The predicted octanol–water partition coefficient (Wildman–Crippen LogP) is 6.78. The average Bonchev–Trinajstić information content (AvgIpc) is 3.05. The highest BCUT2D eigenvalue weighted by atomic mass is 17.1. The molecule has 0 aromatic carbocycles. The third-order valence-electron chi connectivity index (χ3n) is 10.1. The third kappa shape index (κ3) is 3.73. The van der Waals surface area contributed by atoms with Crippen molar-refractivity contribution in [3.8, 4) is 0 Å². The molecule has 170 valence electrons. The second-order valence-electron chi connectivity index (χ2n) is 12.2. The molecule has 0 aliphatic heterocycles. The zero-order chi connectivity index (χ0) is 21.7. The first-order valence-corrected chi connectivity index (χ1v) is 12.5. The second-order valence-corrected chi connectivity index (χ2v) is 12.2. The number of fused-ring (bicyclic) bond motifs is 5. The highest BCUT2D eigenvalue weighted by molar-refractivity contribution is 5.25. The quantitative estimate of drug-likeness (QED) is 0.295. The van der Waals surface area contributed by atoms with E-state index in [9.17, 15) is 5.11 Å². The van der Waals surface area contributed by atoms with Crippen molar-refractivity contribution in [1.82, 2.24) is 0 Å². The molecule has 8 unspecified atom stereocenters. The summed E-state index contributed by atoms with van der Waals surface area (Å²) in [5.74, 6) is 3.96. The Morgan fingerprint density at radius 1 is 1.17 bits per heavy atom. The molecule has 0 spiro atoms. The van der Waals surface area contributed by atoms with Crippen LogP contribution < -0.4 is 0 Å². The Labute approximate surface area is 183 Å². The van der Waals surface area contributed by atoms with E-state index in [1.54, 1.807) is 5.57 Å². The fraction of sp³-hybridized carbons (Fsp3) is 0.852. The van der Waals surface area contributed by atoms with Crippen molar-refractivity contribution in [2.75, 3.05) is 0 Å². The monoisotopic (exact) mass is 416 g/mol. The van der Waals surface area contributed by atoms with Gasteiger partial charge in [-0.25, -0.2) is 4.89 Å². The fourth-order valence-electron chi connectivity index (χ4n) is 8.38. The molecule has 3 heteroatoms. The first-order valence-electron chi connectivity index (χ1n) is 12.5. The molecular weight excluding hydrogens is 372 g/mol. The van der Waals surface area contributed by atoms with Crippen LogP contribution in [0.1, 0.15) is 92.4 Å². The van der Waals surface area contributed by atoms with Crippen LogP contribution in [-0.4, -0.2) is 22.1 Å². The number of hydrogen-bond donors (Lipinski definition) is 2. The van der Waals surface area contributed by atoms with Gasteiger partial charge in [-0.05, 0) is 112 Å². The predicted molar refractivity (Wildman–Crippen MR) is 122 cm³/mol. The summed E-state index contributed by atoms with van der Waals surface area (Å²) >= 11 is 0. The summed E-state index contributed by atoms with van der Waals surface area (Å²) in [4.78, 5) is 4.56. The van der Waals surface area contributed by atoms with Crippen LogP contribution in [0, 0.1) is 40.4 Å². The van der Waals surface area contributed by atoms with Crippen molar-refractivity contribution in [3.63, 3.8) is 0 Å². The highest BCUT2D eigenvalue weighted by Crippen LogP contribution is 2.67. The van der Waals surface area contributed by atoms with Gasteiger partial charge in [-0.1, -0.05) is 44.6 Å². The molecule has 0 aromatic heterocycles. The Bertz CT molecular complexity index is 694. The van der Waals surface area contributed by atoms with Crippen molar-refractivity contribution in [3.05, 3.63) is 23.8 Å². The van der Waals surface area contributed by atoms with E-state index in [1.807, 2.05) is 19.9 Å². The molecular formula is C27H44O3. The molecule has 0 bridgehead atoms. The van der Waals surface area contributed by atoms with Crippen LogP contribution in [0.3, 0.4) is 0 Å². The van der Waals surface area contributed by atoms with Crippen LogP contribution in [0.15, 0.2) is 23.8 Å². The normalized spacial score (nSPS) is 44.9. The van der Waals surface area contributed by atoms with Crippen LogP contribution in [0.2, 0.25) is 0 Å². The molecule has 4 aliphatic rings. The number of hydrogen-bond acceptors (Lipinski definition) is 3. The van der Waals surface area contributed by atoms with Crippen LogP contribution in [-0.2, 0) is 4.89 Å². The lowest BCUT2D eigenvalue weighted by Gasteiger charge is -2.58. The highest BCUT2D eigenvalue weighted by Gasteiger charge is 2.59. The molecule has 0 aromatic rings. The summed E-state index contributed by atoms with van der Waals surface area (Å²) in [5.41, 5.74) is 1.78. The summed E-state index contributed by atoms with van der Waals surface area (Å²) in [5, 5.41) is 19.2. The van der Waals surface area contributed by atoms with Crippen LogP contribution in [0.5, 0.6) is 0 Å². The molecule has 4 rings (SSSR count). The first-order chi connectivity index (χ1) is 14.1. The first kappa shape index (κ1) is 22.6. The maximum Gasteiger partial charge on any atom is 0.116 e. The molecule has 0 saturated heterocycles. The van der Waals surface area contributed by atoms with Crippen LogP contribution >= 0.6 is 0 Å². The zero-order valence-corrected chi connectivity index (χ0v) is 19.9. The van der Waals surface area contributed by atoms with Crippen LogP contribution in [0.4, 0.5) is 0 Å². The lowest BCUT2D eigenvalue weighted by atomic mass is 9.47. The van der Waals surface area contributed by atoms with Gasteiger partial charge in [-0.3, -0.25) is 5.26 Å². The maximum atomic E-state index is 10.2. The summed E-state index contributed by atoms with van der Waals surface area (Å²) in [6.07, 6.45) is 17.5. The molecule has 3 saturated carbocycles. The van der Waals surface area contributed by atoms with Gasteiger partial charge in [0.05, 0.1) is 6.10 Å². The molecule has 3 fully saturated rings. The molecule has 8 atom stereocenters. The zero-order valence-electron chi connectivity index (χ0n) is 19.9. The maximum absolute atomic E-state index is 10.2. The minimum Gasteiger partial charge on any atom is -0.393 e. The SMILES string of the molecule is CC(CC=CC(C)(C)OO)C1CCC2C3CC=C4CC(O)CCC4(C)C3CCC12C. The summed E-state index contributed by atoms with van der Waals surface area (Å²) < 4.78 is 0. The number of aliphatic hydroxyl groups is 1. The minimum atomic E-state index is -0.602. The Kier molecular flexibility index (Phi) is 6.05. The number of rotatable bonds is 5. The van der Waals surface area contributed by atoms with E-state index >= 15 is 0 Å². The van der Waals surface area contributed by atoms with E-state index in [1.165, 1.54) is 38.5 Å². The van der Waals surface area contributed by atoms with Gasteiger partial charge in [0.25, 0.3) is 0 Å². The van der Waals surface area contributed by atoms with Gasteiger partial charge in [0.2, 0.25) is 0 Å². The van der Waals surface area contributed by atoms with E-state index in [2.05, 4.69) is 37.8 Å². The summed E-state index contributed by atoms with van der Waals surface area (Å²) in [6, 6.07) is 0. The molecule has 2 N–H and O–H groups in total. The summed E-state index contributed by atoms with van der Waals surface area (Å²) in [6.45, 7) is 11.3. The fourth-order valence-corrected chi connectivity index (χ4v) is 8.38. The topological polar surface area (TPSA) is 49.7 Å². The molecule has 4 aliphatic carbocycles. The Hall–Kier alpha value is -0.640. The Balaban J connectivity index is 1.49. The van der Waals surface area contributed by atoms with Gasteiger partial charge in [0.15, 0.2) is 0 Å². The smallest absolute Gasteiger partial charge is 0.116 e. The van der Waals surface area contributed by atoms with E-state index in [-0.39, 0.29) is 6.10 Å². The van der Waals surface area contributed by atoms with E-state index < -0.39 is 5.60 Å². The van der Waals surface area contributed by atoms with Gasteiger partial charge in [0.1, 0.15) is 5.60 Å². The van der Waals surface area contributed by atoms with E-state index in [0.29, 0.717) is 16.7 Å².